The lowest BCUT2D eigenvalue weighted by Crippen LogP contribution is -2.11. The van der Waals surface area contributed by atoms with Gasteiger partial charge in [0.1, 0.15) is 5.69 Å². The lowest BCUT2D eigenvalue weighted by molar-refractivity contribution is 0.0683. The first kappa shape index (κ1) is 12.9. The largest absolute Gasteiger partial charge is 0.477 e. The Hall–Kier alpha value is -1.55. The molecule has 2 aromatic rings. The third-order valence-electron chi connectivity index (χ3n) is 2.80. The Morgan fingerprint density at radius 2 is 1.89 bits per heavy atom. The topological polar surface area (TPSA) is 42.2 Å². The summed E-state index contributed by atoms with van der Waals surface area (Å²) in [5, 5.41) is 9.21. The van der Waals surface area contributed by atoms with Crippen LogP contribution in [0.25, 0.3) is 11.3 Å². The Morgan fingerprint density at radius 1 is 1.22 bits per heavy atom. The molecule has 0 aliphatic rings. The molecule has 1 heterocycles. The number of carboxylic acid groups (broad SMARTS) is 1. The standard InChI is InChI=1S/C14H14BrNO2/c1-9(2)16-12(7-8-13(16)14(17)18)10-5-3-4-6-11(10)15/h3-9H,1-2H3,(H,17,18). The third-order valence-corrected chi connectivity index (χ3v) is 3.49. The Labute approximate surface area is 114 Å². The molecular weight excluding hydrogens is 294 g/mol. The fourth-order valence-electron chi connectivity index (χ4n) is 2.07. The van der Waals surface area contributed by atoms with E-state index in [0.717, 1.165) is 15.7 Å². The minimum atomic E-state index is -0.901. The summed E-state index contributed by atoms with van der Waals surface area (Å²) >= 11 is 3.50. The fourth-order valence-corrected chi connectivity index (χ4v) is 2.56. The van der Waals surface area contributed by atoms with E-state index in [1.807, 2.05) is 48.7 Å². The molecule has 0 bridgehead atoms. The predicted molar refractivity (Wildman–Crippen MR) is 74.9 cm³/mol. The molecule has 3 nitrogen and oxygen atoms in total. The van der Waals surface area contributed by atoms with Crippen molar-refractivity contribution in [1.82, 2.24) is 4.57 Å². The predicted octanol–water partition coefficient (Wildman–Crippen LogP) is 4.20. The minimum Gasteiger partial charge on any atom is -0.477 e. The van der Waals surface area contributed by atoms with Crippen molar-refractivity contribution >= 4 is 21.9 Å². The van der Waals surface area contributed by atoms with Crippen LogP contribution in [0.5, 0.6) is 0 Å². The van der Waals surface area contributed by atoms with E-state index in [4.69, 9.17) is 0 Å². The first-order valence-electron chi connectivity index (χ1n) is 5.71. The molecule has 0 saturated heterocycles. The summed E-state index contributed by atoms with van der Waals surface area (Å²) in [7, 11) is 0. The summed E-state index contributed by atoms with van der Waals surface area (Å²) < 4.78 is 2.80. The van der Waals surface area contributed by atoms with E-state index in [2.05, 4.69) is 15.9 Å². The van der Waals surface area contributed by atoms with Crippen LogP contribution < -0.4 is 0 Å². The van der Waals surface area contributed by atoms with E-state index in [0.29, 0.717) is 5.69 Å². The van der Waals surface area contributed by atoms with Gasteiger partial charge in [0.25, 0.3) is 0 Å². The highest BCUT2D eigenvalue weighted by molar-refractivity contribution is 9.10. The Morgan fingerprint density at radius 3 is 2.44 bits per heavy atom. The van der Waals surface area contributed by atoms with Crippen molar-refractivity contribution in [3.8, 4) is 11.3 Å². The Balaban J connectivity index is 2.66. The molecule has 4 heteroatoms. The Bertz CT molecular complexity index is 587. The van der Waals surface area contributed by atoms with Crippen LogP contribution >= 0.6 is 15.9 Å². The van der Waals surface area contributed by atoms with Gasteiger partial charge in [-0.05, 0) is 32.0 Å². The van der Waals surface area contributed by atoms with Crippen LogP contribution in [-0.4, -0.2) is 15.6 Å². The molecule has 1 N–H and O–H groups in total. The van der Waals surface area contributed by atoms with Crippen LogP contribution in [0.15, 0.2) is 40.9 Å². The van der Waals surface area contributed by atoms with Crippen LogP contribution in [-0.2, 0) is 0 Å². The van der Waals surface area contributed by atoms with Crippen molar-refractivity contribution in [1.29, 1.82) is 0 Å². The second kappa shape index (κ2) is 4.98. The SMILES string of the molecule is CC(C)n1c(C(=O)O)ccc1-c1ccccc1Br. The number of hydrogen-bond acceptors (Lipinski definition) is 1. The van der Waals surface area contributed by atoms with Gasteiger partial charge in [-0.15, -0.1) is 0 Å². The number of nitrogens with zero attached hydrogens (tertiary/aromatic N) is 1. The zero-order valence-corrected chi connectivity index (χ0v) is 11.8. The van der Waals surface area contributed by atoms with Gasteiger partial charge in [0, 0.05) is 16.1 Å². The molecule has 94 valence electrons. The van der Waals surface area contributed by atoms with Crippen LogP contribution in [0.2, 0.25) is 0 Å². The molecule has 0 aliphatic carbocycles. The van der Waals surface area contributed by atoms with Gasteiger partial charge in [-0.3, -0.25) is 0 Å². The lowest BCUT2D eigenvalue weighted by Gasteiger charge is -2.16. The molecule has 0 amide bonds. The van der Waals surface area contributed by atoms with Crippen molar-refractivity contribution in [3.05, 3.63) is 46.6 Å². The number of aromatic carboxylic acids is 1. The van der Waals surface area contributed by atoms with E-state index in [1.54, 1.807) is 6.07 Å². The summed E-state index contributed by atoms with van der Waals surface area (Å²) in [5.41, 5.74) is 2.23. The number of aromatic nitrogens is 1. The molecular formula is C14H14BrNO2. The third kappa shape index (κ3) is 2.20. The molecule has 0 saturated carbocycles. The number of hydrogen-bond donors (Lipinski definition) is 1. The molecule has 0 unspecified atom stereocenters. The first-order valence-corrected chi connectivity index (χ1v) is 6.51. The van der Waals surface area contributed by atoms with Gasteiger partial charge < -0.3 is 9.67 Å². The maximum absolute atomic E-state index is 11.2. The van der Waals surface area contributed by atoms with Gasteiger partial charge in [0.15, 0.2) is 0 Å². The molecule has 1 aromatic carbocycles. The molecule has 0 fully saturated rings. The second-order valence-corrected chi connectivity index (χ2v) is 5.21. The quantitative estimate of drug-likeness (QED) is 0.923. The number of carboxylic acids is 1. The van der Waals surface area contributed by atoms with Crippen LogP contribution in [0.4, 0.5) is 0 Å². The zero-order chi connectivity index (χ0) is 13.3. The normalized spacial score (nSPS) is 10.9. The van der Waals surface area contributed by atoms with E-state index < -0.39 is 5.97 Å². The average molecular weight is 308 g/mol. The molecule has 0 atom stereocenters. The molecule has 1 aromatic heterocycles. The van der Waals surface area contributed by atoms with Crippen LogP contribution in [0.3, 0.4) is 0 Å². The van der Waals surface area contributed by atoms with Gasteiger partial charge in [0.2, 0.25) is 0 Å². The van der Waals surface area contributed by atoms with Crippen LogP contribution in [0.1, 0.15) is 30.4 Å². The number of benzene rings is 1. The Kier molecular flexibility index (Phi) is 3.57. The molecule has 0 radical (unpaired) electrons. The van der Waals surface area contributed by atoms with Crippen molar-refractivity contribution < 1.29 is 9.90 Å². The van der Waals surface area contributed by atoms with Gasteiger partial charge >= 0.3 is 5.97 Å². The maximum Gasteiger partial charge on any atom is 0.352 e. The van der Waals surface area contributed by atoms with Crippen LogP contribution in [0, 0.1) is 0 Å². The van der Waals surface area contributed by atoms with Crippen molar-refractivity contribution in [2.24, 2.45) is 0 Å². The van der Waals surface area contributed by atoms with E-state index in [-0.39, 0.29) is 6.04 Å². The highest BCUT2D eigenvalue weighted by Crippen LogP contribution is 2.31. The first-order chi connectivity index (χ1) is 8.52. The summed E-state index contributed by atoms with van der Waals surface area (Å²) in [6.45, 7) is 3.96. The summed E-state index contributed by atoms with van der Waals surface area (Å²) in [4.78, 5) is 11.2. The minimum absolute atomic E-state index is 0.0909. The summed E-state index contributed by atoms with van der Waals surface area (Å²) in [6, 6.07) is 11.4. The monoisotopic (exact) mass is 307 g/mol. The van der Waals surface area contributed by atoms with Gasteiger partial charge in [-0.2, -0.15) is 0 Å². The highest BCUT2D eigenvalue weighted by atomic mass is 79.9. The number of carbonyl (C=O) groups is 1. The number of rotatable bonds is 3. The van der Waals surface area contributed by atoms with Gasteiger partial charge in [0.05, 0.1) is 5.69 Å². The summed E-state index contributed by atoms with van der Waals surface area (Å²) in [6.07, 6.45) is 0. The van der Waals surface area contributed by atoms with Gasteiger partial charge in [-0.1, -0.05) is 34.1 Å². The number of halogens is 1. The van der Waals surface area contributed by atoms with Gasteiger partial charge in [-0.25, -0.2) is 4.79 Å². The smallest absolute Gasteiger partial charge is 0.352 e. The fraction of sp³-hybridized carbons (Fsp3) is 0.214. The van der Waals surface area contributed by atoms with E-state index >= 15 is 0 Å². The van der Waals surface area contributed by atoms with E-state index in [9.17, 15) is 9.90 Å². The average Bonchev–Trinajstić information content (AvgIpc) is 2.74. The maximum atomic E-state index is 11.2. The van der Waals surface area contributed by atoms with Crippen molar-refractivity contribution in [2.75, 3.05) is 0 Å². The van der Waals surface area contributed by atoms with Crippen molar-refractivity contribution in [2.45, 2.75) is 19.9 Å². The molecule has 0 spiro atoms. The van der Waals surface area contributed by atoms with Crippen molar-refractivity contribution in [3.63, 3.8) is 0 Å². The molecule has 2 rings (SSSR count). The lowest BCUT2D eigenvalue weighted by atomic mass is 10.1. The van der Waals surface area contributed by atoms with E-state index in [1.165, 1.54) is 0 Å². The highest BCUT2D eigenvalue weighted by Gasteiger charge is 2.18. The zero-order valence-electron chi connectivity index (χ0n) is 10.2. The summed E-state index contributed by atoms with van der Waals surface area (Å²) in [5.74, 6) is -0.901. The second-order valence-electron chi connectivity index (χ2n) is 4.35. The molecule has 0 aliphatic heterocycles. The molecule has 18 heavy (non-hydrogen) atoms.